The van der Waals surface area contributed by atoms with Crippen molar-refractivity contribution in [1.29, 1.82) is 0 Å². The van der Waals surface area contributed by atoms with E-state index in [-0.39, 0.29) is 17.4 Å². The van der Waals surface area contributed by atoms with E-state index in [1.54, 1.807) is 11.8 Å². The molecule has 1 N–H and O–H groups in total. The first-order valence-electron chi connectivity index (χ1n) is 10.2. The van der Waals surface area contributed by atoms with Gasteiger partial charge in [-0.1, -0.05) is 12.1 Å². The highest BCUT2D eigenvalue weighted by Gasteiger charge is 2.40. The largest absolute Gasteiger partial charge is 0.573 e. The van der Waals surface area contributed by atoms with Crippen LogP contribution in [0.15, 0.2) is 46.8 Å². The molecular formula is C22H23F3N2O4. The van der Waals surface area contributed by atoms with Gasteiger partial charge in [-0.2, -0.15) is 0 Å². The molecule has 0 radical (unpaired) electrons. The minimum absolute atomic E-state index is 0.0471. The van der Waals surface area contributed by atoms with Gasteiger partial charge in [0.2, 0.25) is 0 Å². The minimum Gasteiger partial charge on any atom is -0.406 e. The number of nitrogens with one attached hydrogen (secondary N) is 1. The van der Waals surface area contributed by atoms with Crippen LogP contribution < -0.4 is 10.1 Å². The van der Waals surface area contributed by atoms with E-state index in [1.807, 2.05) is 0 Å². The maximum Gasteiger partial charge on any atom is 0.573 e. The lowest BCUT2D eigenvalue weighted by molar-refractivity contribution is -0.274. The average Bonchev–Trinajstić information content (AvgIpc) is 2.73. The molecule has 1 saturated heterocycles. The molecule has 3 aliphatic rings. The number of dihydropyridines is 1. The van der Waals surface area contributed by atoms with Crippen LogP contribution in [-0.4, -0.2) is 49.3 Å². The second kappa shape index (κ2) is 8.37. The molecule has 31 heavy (non-hydrogen) atoms. The number of hydrogen-bond acceptors (Lipinski definition) is 5. The van der Waals surface area contributed by atoms with Crippen LogP contribution in [0.2, 0.25) is 0 Å². The Morgan fingerprint density at radius 2 is 1.84 bits per heavy atom. The summed E-state index contributed by atoms with van der Waals surface area (Å²) in [6, 6.07) is 5.40. The number of halogens is 3. The molecule has 1 atom stereocenters. The summed E-state index contributed by atoms with van der Waals surface area (Å²) >= 11 is 0. The fourth-order valence-electron chi connectivity index (χ4n) is 4.40. The van der Waals surface area contributed by atoms with Crippen LogP contribution in [-0.2, 0) is 14.3 Å². The predicted molar refractivity (Wildman–Crippen MR) is 105 cm³/mol. The van der Waals surface area contributed by atoms with Gasteiger partial charge in [-0.25, -0.2) is 0 Å². The quantitative estimate of drug-likeness (QED) is 0.787. The third-order valence-electron chi connectivity index (χ3n) is 5.75. The average molecular weight is 436 g/mol. The summed E-state index contributed by atoms with van der Waals surface area (Å²) in [5.74, 6) is -1.23. The van der Waals surface area contributed by atoms with E-state index in [0.717, 1.165) is 12.1 Å². The SMILES string of the molecule is CC1=C(C(=O)N2CCOCC2)[C@@H](c2ccc(OC(F)(F)F)cc2)C2=C(CCCC2=O)N1. The number of carbonyl (C=O) groups is 2. The Hall–Kier alpha value is -2.81. The van der Waals surface area contributed by atoms with E-state index in [2.05, 4.69) is 10.1 Å². The Morgan fingerprint density at radius 3 is 2.48 bits per heavy atom. The Balaban J connectivity index is 1.74. The Bertz CT molecular complexity index is 944. The maximum atomic E-state index is 13.4. The van der Waals surface area contributed by atoms with Crippen molar-refractivity contribution in [3.63, 3.8) is 0 Å². The number of carbonyl (C=O) groups excluding carboxylic acids is 2. The molecule has 166 valence electrons. The molecule has 0 saturated carbocycles. The zero-order chi connectivity index (χ0) is 22.2. The highest BCUT2D eigenvalue weighted by atomic mass is 19.4. The third kappa shape index (κ3) is 4.46. The molecule has 4 rings (SSSR count). The van der Waals surface area contributed by atoms with Crippen molar-refractivity contribution in [1.82, 2.24) is 10.2 Å². The second-order valence-corrected chi connectivity index (χ2v) is 7.79. The number of alkyl halides is 3. The predicted octanol–water partition coefficient (Wildman–Crippen LogP) is 3.41. The summed E-state index contributed by atoms with van der Waals surface area (Å²) in [5, 5.41) is 3.25. The molecule has 0 aromatic heterocycles. The molecule has 1 amide bonds. The van der Waals surface area contributed by atoms with Crippen molar-refractivity contribution in [2.24, 2.45) is 0 Å². The fourth-order valence-corrected chi connectivity index (χ4v) is 4.40. The maximum absolute atomic E-state index is 13.4. The summed E-state index contributed by atoms with van der Waals surface area (Å²) < 4.78 is 46.9. The number of hydrogen-bond donors (Lipinski definition) is 1. The monoisotopic (exact) mass is 436 g/mol. The Labute approximate surface area is 177 Å². The Morgan fingerprint density at radius 1 is 1.16 bits per heavy atom. The van der Waals surface area contributed by atoms with E-state index < -0.39 is 12.3 Å². The van der Waals surface area contributed by atoms with Crippen molar-refractivity contribution in [3.8, 4) is 5.75 Å². The van der Waals surface area contributed by atoms with Crippen LogP contribution >= 0.6 is 0 Å². The zero-order valence-corrected chi connectivity index (χ0v) is 17.1. The lowest BCUT2D eigenvalue weighted by atomic mass is 9.75. The van der Waals surface area contributed by atoms with Crippen LogP contribution in [0.1, 0.15) is 37.7 Å². The summed E-state index contributed by atoms with van der Waals surface area (Å²) in [6.07, 6.45) is -3.01. The van der Waals surface area contributed by atoms with E-state index in [4.69, 9.17) is 4.74 Å². The Kier molecular flexibility index (Phi) is 5.79. The number of morpholine rings is 1. The van der Waals surface area contributed by atoms with Gasteiger partial charge in [0, 0.05) is 48.0 Å². The molecule has 1 aromatic rings. The van der Waals surface area contributed by atoms with Gasteiger partial charge in [-0.05, 0) is 37.5 Å². The van der Waals surface area contributed by atoms with Crippen molar-refractivity contribution in [2.45, 2.75) is 38.5 Å². The zero-order valence-electron chi connectivity index (χ0n) is 17.1. The topological polar surface area (TPSA) is 67.9 Å². The van der Waals surface area contributed by atoms with Crippen molar-refractivity contribution in [2.75, 3.05) is 26.3 Å². The molecule has 0 unspecified atom stereocenters. The van der Waals surface area contributed by atoms with Crippen LogP contribution in [0, 0.1) is 0 Å². The van der Waals surface area contributed by atoms with E-state index >= 15 is 0 Å². The molecule has 1 aliphatic carbocycles. The van der Waals surface area contributed by atoms with E-state index in [1.165, 1.54) is 24.3 Å². The number of rotatable bonds is 3. The van der Waals surface area contributed by atoms with Gasteiger partial charge in [0.1, 0.15) is 5.75 Å². The molecule has 9 heteroatoms. The molecule has 1 fully saturated rings. The first-order chi connectivity index (χ1) is 14.7. The van der Waals surface area contributed by atoms with Gasteiger partial charge in [0.25, 0.3) is 5.91 Å². The summed E-state index contributed by atoms with van der Waals surface area (Å²) in [4.78, 5) is 28.0. The molecule has 1 aromatic carbocycles. The van der Waals surface area contributed by atoms with Gasteiger partial charge < -0.3 is 19.7 Å². The van der Waals surface area contributed by atoms with Crippen LogP contribution in [0.5, 0.6) is 5.75 Å². The summed E-state index contributed by atoms with van der Waals surface area (Å²) in [5.41, 5.74) is 2.99. The molecule has 2 heterocycles. The summed E-state index contributed by atoms with van der Waals surface area (Å²) in [6.45, 7) is 3.56. The second-order valence-electron chi connectivity index (χ2n) is 7.79. The molecule has 0 bridgehead atoms. The van der Waals surface area contributed by atoms with Crippen molar-refractivity contribution >= 4 is 11.7 Å². The first-order valence-corrected chi connectivity index (χ1v) is 10.2. The molecule has 0 spiro atoms. The number of Topliss-reactive ketones (excluding diaryl/α,β-unsaturated/α-hetero) is 1. The highest BCUT2D eigenvalue weighted by molar-refractivity contribution is 6.05. The lowest BCUT2D eigenvalue weighted by Crippen LogP contribution is -2.44. The van der Waals surface area contributed by atoms with Crippen LogP contribution in [0.4, 0.5) is 13.2 Å². The van der Waals surface area contributed by atoms with Crippen molar-refractivity contribution < 1.29 is 32.2 Å². The van der Waals surface area contributed by atoms with Crippen LogP contribution in [0.25, 0.3) is 0 Å². The number of benzene rings is 1. The normalized spacial score (nSPS) is 22.3. The minimum atomic E-state index is -4.79. The number of ether oxygens (including phenoxy) is 2. The van der Waals surface area contributed by atoms with Gasteiger partial charge >= 0.3 is 6.36 Å². The number of nitrogens with zero attached hydrogens (tertiary/aromatic N) is 1. The van der Waals surface area contributed by atoms with Gasteiger partial charge in [0.15, 0.2) is 5.78 Å². The molecule has 2 aliphatic heterocycles. The van der Waals surface area contributed by atoms with Gasteiger partial charge in [0.05, 0.1) is 13.2 Å². The highest BCUT2D eigenvalue weighted by Crippen LogP contribution is 2.43. The van der Waals surface area contributed by atoms with Crippen LogP contribution in [0.3, 0.4) is 0 Å². The number of amides is 1. The number of ketones is 1. The third-order valence-corrected chi connectivity index (χ3v) is 5.75. The fraction of sp³-hybridized carbons (Fsp3) is 0.455. The molecule has 6 nitrogen and oxygen atoms in total. The van der Waals surface area contributed by atoms with E-state index in [9.17, 15) is 22.8 Å². The summed E-state index contributed by atoms with van der Waals surface area (Å²) in [7, 11) is 0. The molecular weight excluding hydrogens is 413 g/mol. The number of allylic oxidation sites excluding steroid dienone is 3. The van der Waals surface area contributed by atoms with Gasteiger partial charge in [-0.3, -0.25) is 9.59 Å². The lowest BCUT2D eigenvalue weighted by Gasteiger charge is -2.37. The standard InChI is InChI=1S/C22H23F3N2O4/c1-13-18(21(29)27-9-11-30-12-10-27)19(20-16(26-13)3-2-4-17(20)28)14-5-7-15(8-6-14)31-22(23,24)25/h5-8,19,26H,2-4,9-12H2,1H3/t19-/m1/s1. The van der Waals surface area contributed by atoms with Gasteiger partial charge in [-0.15, -0.1) is 13.2 Å². The smallest absolute Gasteiger partial charge is 0.406 e. The first kappa shape index (κ1) is 21.4. The van der Waals surface area contributed by atoms with Crippen molar-refractivity contribution in [3.05, 3.63) is 52.4 Å². The van der Waals surface area contributed by atoms with E-state index in [0.29, 0.717) is 61.6 Å².